The highest BCUT2D eigenvalue weighted by Gasteiger charge is 1.96. The molecule has 0 saturated heterocycles. The third kappa shape index (κ3) is 8.12. The first-order valence-electron chi connectivity index (χ1n) is 6.01. The van der Waals surface area contributed by atoms with Crippen LogP contribution in [-0.2, 0) is 4.74 Å². The van der Waals surface area contributed by atoms with Crippen molar-refractivity contribution in [3.05, 3.63) is 18.5 Å². The first kappa shape index (κ1) is 14.4. The quantitative estimate of drug-likeness (QED) is 0.415. The van der Waals surface area contributed by atoms with Gasteiger partial charge in [0, 0.05) is 31.3 Å². The van der Waals surface area contributed by atoms with Crippen molar-refractivity contribution in [1.29, 1.82) is 0 Å². The van der Waals surface area contributed by atoms with Gasteiger partial charge in [0.2, 0.25) is 0 Å². The molecule has 1 aromatic rings. The fourth-order valence-corrected chi connectivity index (χ4v) is 1.92. The van der Waals surface area contributed by atoms with E-state index in [0.717, 1.165) is 37.0 Å². The summed E-state index contributed by atoms with van der Waals surface area (Å²) in [5.41, 5.74) is 0. The maximum absolute atomic E-state index is 5.45. The standard InChI is InChI=1S/C12H21N3OS/c1-11(2)16-9-4-5-13-8-10-17-12-14-6-3-7-15-12/h3,6-7,11,13H,4-5,8-10H2,1-2H3. The van der Waals surface area contributed by atoms with Crippen LogP contribution in [0.5, 0.6) is 0 Å². The maximum Gasteiger partial charge on any atom is 0.187 e. The Hall–Kier alpha value is -0.650. The summed E-state index contributed by atoms with van der Waals surface area (Å²) in [6.45, 7) is 6.93. The molecular formula is C12H21N3OS. The molecule has 0 atom stereocenters. The zero-order valence-electron chi connectivity index (χ0n) is 10.6. The Labute approximate surface area is 108 Å². The monoisotopic (exact) mass is 255 g/mol. The Kier molecular flexibility index (Phi) is 7.96. The smallest absolute Gasteiger partial charge is 0.187 e. The van der Waals surface area contributed by atoms with Crippen LogP contribution in [0.4, 0.5) is 0 Å². The molecule has 0 aliphatic carbocycles. The van der Waals surface area contributed by atoms with Crippen molar-refractivity contribution in [2.45, 2.75) is 31.5 Å². The number of ether oxygens (including phenoxy) is 1. The van der Waals surface area contributed by atoms with Crippen LogP contribution >= 0.6 is 11.8 Å². The van der Waals surface area contributed by atoms with Crippen molar-refractivity contribution in [3.8, 4) is 0 Å². The Balaban J connectivity index is 1.88. The molecular weight excluding hydrogens is 234 g/mol. The Morgan fingerprint density at radius 1 is 1.29 bits per heavy atom. The van der Waals surface area contributed by atoms with E-state index in [1.54, 1.807) is 24.2 Å². The van der Waals surface area contributed by atoms with Gasteiger partial charge in [0.1, 0.15) is 0 Å². The van der Waals surface area contributed by atoms with Gasteiger partial charge in [-0.3, -0.25) is 0 Å². The van der Waals surface area contributed by atoms with Gasteiger partial charge in [-0.1, -0.05) is 11.8 Å². The second kappa shape index (κ2) is 9.39. The molecule has 0 aliphatic rings. The topological polar surface area (TPSA) is 47.0 Å². The molecule has 1 N–H and O–H groups in total. The van der Waals surface area contributed by atoms with E-state index in [-0.39, 0.29) is 0 Å². The van der Waals surface area contributed by atoms with Crippen LogP contribution in [0, 0.1) is 0 Å². The molecule has 17 heavy (non-hydrogen) atoms. The van der Waals surface area contributed by atoms with E-state index in [4.69, 9.17) is 4.74 Å². The van der Waals surface area contributed by atoms with Crippen molar-refractivity contribution in [1.82, 2.24) is 15.3 Å². The average Bonchev–Trinajstić information content (AvgIpc) is 2.33. The Bertz CT molecular complexity index is 282. The van der Waals surface area contributed by atoms with Crippen molar-refractivity contribution in [3.63, 3.8) is 0 Å². The van der Waals surface area contributed by atoms with Gasteiger partial charge in [0.15, 0.2) is 5.16 Å². The van der Waals surface area contributed by atoms with Gasteiger partial charge in [-0.25, -0.2) is 9.97 Å². The van der Waals surface area contributed by atoms with Gasteiger partial charge in [-0.2, -0.15) is 0 Å². The molecule has 0 saturated carbocycles. The third-order valence-electron chi connectivity index (χ3n) is 2.00. The van der Waals surface area contributed by atoms with Gasteiger partial charge in [0.25, 0.3) is 0 Å². The van der Waals surface area contributed by atoms with Crippen LogP contribution in [-0.4, -0.2) is 41.5 Å². The molecule has 0 fully saturated rings. The van der Waals surface area contributed by atoms with Gasteiger partial charge in [0.05, 0.1) is 6.10 Å². The molecule has 1 heterocycles. The summed E-state index contributed by atoms with van der Waals surface area (Å²) in [7, 11) is 0. The minimum atomic E-state index is 0.334. The molecule has 1 rings (SSSR count). The molecule has 0 unspecified atom stereocenters. The van der Waals surface area contributed by atoms with Crippen molar-refractivity contribution < 1.29 is 4.74 Å². The average molecular weight is 255 g/mol. The molecule has 0 spiro atoms. The molecule has 0 aliphatic heterocycles. The molecule has 1 aromatic heterocycles. The maximum atomic E-state index is 5.45. The van der Waals surface area contributed by atoms with Gasteiger partial charge in [-0.15, -0.1) is 0 Å². The lowest BCUT2D eigenvalue weighted by Gasteiger charge is -2.07. The Morgan fingerprint density at radius 2 is 2.06 bits per heavy atom. The number of thioether (sulfide) groups is 1. The molecule has 0 bridgehead atoms. The molecule has 0 amide bonds. The van der Waals surface area contributed by atoms with Crippen LogP contribution in [0.2, 0.25) is 0 Å². The van der Waals surface area contributed by atoms with E-state index in [2.05, 4.69) is 29.1 Å². The summed E-state index contributed by atoms with van der Waals surface area (Å²) in [4.78, 5) is 8.30. The minimum absolute atomic E-state index is 0.334. The zero-order chi connectivity index (χ0) is 12.3. The number of hydrogen-bond acceptors (Lipinski definition) is 5. The second-order valence-electron chi connectivity index (χ2n) is 3.90. The predicted molar refractivity (Wildman–Crippen MR) is 71.3 cm³/mol. The Morgan fingerprint density at radius 3 is 2.76 bits per heavy atom. The van der Waals surface area contributed by atoms with E-state index in [1.807, 2.05) is 6.07 Å². The summed E-state index contributed by atoms with van der Waals surface area (Å²) < 4.78 is 5.45. The second-order valence-corrected chi connectivity index (χ2v) is 4.96. The minimum Gasteiger partial charge on any atom is -0.379 e. The highest BCUT2D eigenvalue weighted by molar-refractivity contribution is 7.99. The first-order chi connectivity index (χ1) is 8.29. The van der Waals surface area contributed by atoms with E-state index >= 15 is 0 Å². The lowest BCUT2D eigenvalue weighted by atomic mass is 10.4. The lowest BCUT2D eigenvalue weighted by Crippen LogP contribution is -2.20. The number of nitrogens with zero attached hydrogens (tertiary/aromatic N) is 2. The highest BCUT2D eigenvalue weighted by Crippen LogP contribution is 2.08. The number of aromatic nitrogens is 2. The van der Waals surface area contributed by atoms with Crippen LogP contribution < -0.4 is 5.32 Å². The van der Waals surface area contributed by atoms with E-state index in [1.165, 1.54) is 0 Å². The molecule has 0 radical (unpaired) electrons. The van der Waals surface area contributed by atoms with E-state index in [9.17, 15) is 0 Å². The summed E-state index contributed by atoms with van der Waals surface area (Å²) in [6, 6.07) is 1.83. The van der Waals surface area contributed by atoms with Gasteiger partial charge < -0.3 is 10.1 Å². The van der Waals surface area contributed by atoms with E-state index < -0.39 is 0 Å². The number of rotatable bonds is 9. The van der Waals surface area contributed by atoms with Crippen LogP contribution in [0.15, 0.2) is 23.6 Å². The largest absolute Gasteiger partial charge is 0.379 e. The molecule has 5 heteroatoms. The summed E-state index contributed by atoms with van der Waals surface area (Å²) in [5, 5.41) is 4.22. The summed E-state index contributed by atoms with van der Waals surface area (Å²) in [6.07, 6.45) is 4.93. The summed E-state index contributed by atoms with van der Waals surface area (Å²) in [5.74, 6) is 0.995. The van der Waals surface area contributed by atoms with Crippen molar-refractivity contribution in [2.24, 2.45) is 0 Å². The number of nitrogens with one attached hydrogen (secondary N) is 1. The highest BCUT2D eigenvalue weighted by atomic mass is 32.2. The fraction of sp³-hybridized carbons (Fsp3) is 0.667. The summed E-state index contributed by atoms with van der Waals surface area (Å²) >= 11 is 1.67. The van der Waals surface area contributed by atoms with Crippen LogP contribution in [0.1, 0.15) is 20.3 Å². The fourth-order valence-electron chi connectivity index (χ4n) is 1.22. The van der Waals surface area contributed by atoms with E-state index in [0.29, 0.717) is 6.10 Å². The van der Waals surface area contributed by atoms with Crippen molar-refractivity contribution in [2.75, 3.05) is 25.4 Å². The van der Waals surface area contributed by atoms with Crippen molar-refractivity contribution >= 4 is 11.8 Å². The molecule has 4 nitrogen and oxygen atoms in total. The van der Waals surface area contributed by atoms with Gasteiger partial charge in [-0.05, 0) is 32.9 Å². The number of hydrogen-bond donors (Lipinski definition) is 1. The van der Waals surface area contributed by atoms with Crippen LogP contribution in [0.25, 0.3) is 0 Å². The predicted octanol–water partition coefficient (Wildman–Crippen LogP) is 1.97. The van der Waals surface area contributed by atoms with Crippen LogP contribution in [0.3, 0.4) is 0 Å². The SMILES string of the molecule is CC(C)OCCCNCCSc1ncccn1. The molecule has 96 valence electrons. The molecule has 0 aromatic carbocycles. The zero-order valence-corrected chi connectivity index (χ0v) is 11.4. The van der Waals surface area contributed by atoms with Gasteiger partial charge >= 0.3 is 0 Å². The lowest BCUT2D eigenvalue weighted by molar-refractivity contribution is 0.0772. The first-order valence-corrected chi connectivity index (χ1v) is 6.99. The third-order valence-corrected chi connectivity index (χ3v) is 2.88. The normalized spacial score (nSPS) is 11.0.